The second kappa shape index (κ2) is 7.28. The molecule has 2 aromatic carbocycles. The number of ether oxygens (including phenoxy) is 2. The van der Waals surface area contributed by atoms with Crippen molar-refractivity contribution in [1.29, 1.82) is 0 Å². The maximum Gasteiger partial charge on any atom is 0.442 e. The van der Waals surface area contributed by atoms with E-state index in [2.05, 4.69) is 22.6 Å². The number of nitrogens with zero attached hydrogens (tertiary/aromatic N) is 2. The van der Waals surface area contributed by atoms with E-state index in [1.165, 1.54) is 11.1 Å². The van der Waals surface area contributed by atoms with Crippen molar-refractivity contribution in [2.75, 3.05) is 20.8 Å². The lowest BCUT2D eigenvalue weighted by atomic mass is 9.95. The zero-order chi connectivity index (χ0) is 18.8. The Bertz CT molecular complexity index is 1020. The monoisotopic (exact) mass is 367 g/mol. The molecule has 1 N–H and O–H groups in total. The van der Waals surface area contributed by atoms with Gasteiger partial charge in [0.2, 0.25) is 0 Å². The lowest BCUT2D eigenvalue weighted by Gasteiger charge is -2.20. The van der Waals surface area contributed by atoms with Crippen LogP contribution in [0, 0.1) is 0 Å². The van der Waals surface area contributed by atoms with Gasteiger partial charge in [-0.25, -0.2) is 4.79 Å². The second-order valence-electron chi connectivity index (χ2n) is 6.41. The molecule has 1 aliphatic rings. The molecule has 0 radical (unpaired) electrons. The lowest BCUT2D eigenvalue weighted by Crippen LogP contribution is -2.26. The molecule has 0 fully saturated rings. The third kappa shape index (κ3) is 3.21. The van der Waals surface area contributed by atoms with Crippen LogP contribution in [0.25, 0.3) is 11.4 Å². The first-order valence-corrected chi connectivity index (χ1v) is 8.80. The summed E-state index contributed by atoms with van der Waals surface area (Å²) in [5.41, 5.74) is 4.41. The maximum atomic E-state index is 12.3. The summed E-state index contributed by atoms with van der Waals surface area (Å²) in [5, 5.41) is 7.37. The van der Waals surface area contributed by atoms with E-state index in [0.29, 0.717) is 23.9 Å². The highest BCUT2D eigenvalue weighted by atomic mass is 16.5. The van der Waals surface area contributed by atoms with Gasteiger partial charge in [0.25, 0.3) is 0 Å². The smallest absolute Gasteiger partial charge is 0.442 e. The van der Waals surface area contributed by atoms with Crippen LogP contribution in [0.3, 0.4) is 0 Å². The van der Waals surface area contributed by atoms with Gasteiger partial charge >= 0.3 is 5.76 Å². The highest BCUT2D eigenvalue weighted by Gasteiger charge is 2.18. The quantitative estimate of drug-likeness (QED) is 0.745. The largest absolute Gasteiger partial charge is 0.493 e. The van der Waals surface area contributed by atoms with Crippen molar-refractivity contribution < 1.29 is 14.0 Å². The molecule has 7 nitrogen and oxygen atoms in total. The number of methoxy groups -OCH3 is 2. The molecule has 3 aromatic rings. The van der Waals surface area contributed by atoms with Gasteiger partial charge in [0.05, 0.1) is 20.8 Å². The molecule has 27 heavy (non-hydrogen) atoms. The average Bonchev–Trinajstić information content (AvgIpc) is 3.08. The summed E-state index contributed by atoms with van der Waals surface area (Å²) in [7, 11) is 3.15. The third-order valence-electron chi connectivity index (χ3n) is 4.89. The summed E-state index contributed by atoms with van der Waals surface area (Å²) in [5.74, 6) is 1.17. The molecular weight excluding hydrogens is 346 g/mol. The van der Waals surface area contributed by atoms with Crippen LogP contribution in [0.15, 0.2) is 45.7 Å². The lowest BCUT2D eigenvalue weighted by molar-refractivity contribution is 0.355. The molecule has 7 heteroatoms. The van der Waals surface area contributed by atoms with Gasteiger partial charge in [-0.15, -0.1) is 0 Å². The number of rotatable bonds is 5. The van der Waals surface area contributed by atoms with Gasteiger partial charge < -0.3 is 14.8 Å². The summed E-state index contributed by atoms with van der Waals surface area (Å²) in [6.07, 6.45) is 0.942. The SMILES string of the molecule is COc1ccc(-c2noc(=O)n2Cc2cccc3c2CCNC3)cc1OC. The Morgan fingerprint density at radius 2 is 2.04 bits per heavy atom. The summed E-state index contributed by atoms with van der Waals surface area (Å²) in [6, 6.07) is 11.6. The zero-order valence-electron chi connectivity index (χ0n) is 15.3. The van der Waals surface area contributed by atoms with Gasteiger partial charge in [-0.05, 0) is 47.9 Å². The molecule has 1 aliphatic heterocycles. The van der Waals surface area contributed by atoms with Gasteiger partial charge in [-0.1, -0.05) is 23.4 Å². The average molecular weight is 367 g/mol. The number of aromatic nitrogens is 2. The molecule has 0 saturated heterocycles. The van der Waals surface area contributed by atoms with E-state index in [9.17, 15) is 4.79 Å². The van der Waals surface area contributed by atoms with Crippen LogP contribution < -0.4 is 20.5 Å². The number of hydrogen-bond acceptors (Lipinski definition) is 6. The van der Waals surface area contributed by atoms with E-state index in [1.54, 1.807) is 30.9 Å². The van der Waals surface area contributed by atoms with Crippen molar-refractivity contribution in [2.24, 2.45) is 0 Å². The van der Waals surface area contributed by atoms with Crippen LogP contribution in [0.2, 0.25) is 0 Å². The Morgan fingerprint density at radius 3 is 2.85 bits per heavy atom. The predicted molar refractivity (Wildman–Crippen MR) is 100 cm³/mol. The third-order valence-corrected chi connectivity index (χ3v) is 4.89. The first-order valence-electron chi connectivity index (χ1n) is 8.80. The molecule has 4 rings (SSSR count). The van der Waals surface area contributed by atoms with Gasteiger partial charge in [-0.2, -0.15) is 0 Å². The van der Waals surface area contributed by atoms with E-state index >= 15 is 0 Å². The van der Waals surface area contributed by atoms with Crippen molar-refractivity contribution in [3.8, 4) is 22.9 Å². The molecule has 0 aliphatic carbocycles. The van der Waals surface area contributed by atoms with Gasteiger partial charge in [-0.3, -0.25) is 9.09 Å². The highest BCUT2D eigenvalue weighted by molar-refractivity contribution is 5.61. The van der Waals surface area contributed by atoms with E-state index in [0.717, 1.165) is 30.6 Å². The summed E-state index contributed by atoms with van der Waals surface area (Å²) >= 11 is 0. The Balaban J connectivity index is 1.75. The minimum atomic E-state index is -0.480. The zero-order valence-corrected chi connectivity index (χ0v) is 15.3. The molecule has 0 atom stereocenters. The number of nitrogens with one attached hydrogen (secondary N) is 1. The fourth-order valence-electron chi connectivity index (χ4n) is 3.52. The predicted octanol–water partition coefficient (Wildman–Crippen LogP) is 2.21. The first-order chi connectivity index (χ1) is 13.2. The van der Waals surface area contributed by atoms with E-state index in [-0.39, 0.29) is 0 Å². The Labute approximate surface area is 156 Å². The minimum absolute atomic E-state index is 0.412. The molecule has 1 aromatic heterocycles. The topological polar surface area (TPSA) is 78.5 Å². The highest BCUT2D eigenvalue weighted by Crippen LogP contribution is 2.31. The van der Waals surface area contributed by atoms with Gasteiger partial charge in [0.1, 0.15) is 0 Å². The van der Waals surface area contributed by atoms with Crippen molar-refractivity contribution in [1.82, 2.24) is 15.0 Å². The van der Waals surface area contributed by atoms with Crippen LogP contribution in [0.1, 0.15) is 16.7 Å². The van der Waals surface area contributed by atoms with Crippen molar-refractivity contribution in [3.05, 3.63) is 63.6 Å². The Hall–Kier alpha value is -3.06. The first kappa shape index (κ1) is 17.4. The minimum Gasteiger partial charge on any atom is -0.493 e. The Morgan fingerprint density at radius 1 is 1.19 bits per heavy atom. The fourth-order valence-corrected chi connectivity index (χ4v) is 3.52. The summed E-state index contributed by atoms with van der Waals surface area (Å²) < 4.78 is 17.2. The maximum absolute atomic E-state index is 12.3. The molecular formula is C20H21N3O4. The van der Waals surface area contributed by atoms with Crippen LogP contribution in [-0.2, 0) is 19.5 Å². The second-order valence-corrected chi connectivity index (χ2v) is 6.41. The molecule has 0 saturated carbocycles. The molecule has 0 spiro atoms. The van der Waals surface area contributed by atoms with Crippen LogP contribution in [0.5, 0.6) is 11.5 Å². The van der Waals surface area contributed by atoms with Crippen LogP contribution in [-0.4, -0.2) is 30.5 Å². The van der Waals surface area contributed by atoms with E-state index in [1.807, 2.05) is 12.1 Å². The normalized spacial score (nSPS) is 13.3. The molecule has 140 valence electrons. The van der Waals surface area contributed by atoms with E-state index in [4.69, 9.17) is 14.0 Å². The summed E-state index contributed by atoms with van der Waals surface area (Å²) in [6.45, 7) is 2.20. The van der Waals surface area contributed by atoms with Crippen LogP contribution >= 0.6 is 0 Å². The van der Waals surface area contributed by atoms with Crippen molar-refractivity contribution in [3.63, 3.8) is 0 Å². The molecule has 0 bridgehead atoms. The van der Waals surface area contributed by atoms with E-state index < -0.39 is 5.76 Å². The van der Waals surface area contributed by atoms with Crippen molar-refractivity contribution >= 4 is 0 Å². The summed E-state index contributed by atoms with van der Waals surface area (Å²) in [4.78, 5) is 12.3. The van der Waals surface area contributed by atoms with Crippen molar-refractivity contribution in [2.45, 2.75) is 19.5 Å². The Kier molecular flexibility index (Phi) is 4.68. The van der Waals surface area contributed by atoms with Crippen LogP contribution in [0.4, 0.5) is 0 Å². The standard InChI is InChI=1S/C20H21N3O4/c1-25-17-7-6-13(10-18(17)26-2)19-22-27-20(24)23(19)12-15-5-3-4-14-11-21-9-8-16(14)15/h3-7,10,21H,8-9,11-12H2,1-2H3. The molecule has 0 amide bonds. The number of hydrogen-bond donors (Lipinski definition) is 1. The number of benzene rings is 2. The molecule has 0 unspecified atom stereocenters. The number of fused-ring (bicyclic) bond motifs is 1. The van der Waals surface area contributed by atoms with Gasteiger partial charge in [0, 0.05) is 12.1 Å². The van der Waals surface area contributed by atoms with Gasteiger partial charge in [0.15, 0.2) is 17.3 Å². The molecule has 2 heterocycles. The fraction of sp³-hybridized carbons (Fsp3) is 0.300.